The van der Waals surface area contributed by atoms with Crippen molar-refractivity contribution in [3.63, 3.8) is 0 Å². The van der Waals surface area contributed by atoms with Crippen molar-refractivity contribution >= 4 is 94.2 Å². The monoisotopic (exact) mass is 907 g/mol. The maximum Gasteiger partial charge on any atom is 0.181 e. The summed E-state index contributed by atoms with van der Waals surface area (Å²) in [6, 6.07) is 101. The van der Waals surface area contributed by atoms with Gasteiger partial charge in [-0.15, -0.1) is 0 Å². The Morgan fingerprint density at radius 3 is 1.23 bits per heavy atom. The minimum atomic E-state index is -3.02. The minimum absolute atomic E-state index is 1.11. The average Bonchev–Trinajstić information content (AvgIpc) is 4.08. The standard InChI is InChI=1S/C66H45N3Si/c1-5-21-46(22-6-1)47-39-41-48(42-40-47)68-62-44-43-49(67-59-34-16-13-29-53(59)54-30-14-17-35-60(54)67)45-58(62)57-32-19-37-63(65(57)68)69-61-36-18-15-31-55(61)56-33-20-38-64(66(56)69)70(50-23-7-2-8-24-50,51-25-9-3-10-26-51)52-27-11-4-12-28-52/h1-45H. The smallest absolute Gasteiger partial charge is 0.181 e. The molecule has 0 unspecified atom stereocenters. The normalized spacial score (nSPS) is 12.0. The molecule has 0 saturated heterocycles. The first kappa shape index (κ1) is 40.1. The molecule has 0 spiro atoms. The predicted molar refractivity (Wildman–Crippen MR) is 299 cm³/mol. The van der Waals surface area contributed by atoms with Gasteiger partial charge in [0.15, 0.2) is 8.07 Å². The molecule has 0 atom stereocenters. The Hall–Kier alpha value is -8.96. The van der Waals surface area contributed by atoms with Gasteiger partial charge in [0.1, 0.15) is 0 Å². The second-order valence-electron chi connectivity index (χ2n) is 18.4. The largest absolute Gasteiger partial charge is 0.309 e. The maximum absolute atomic E-state index is 3.02. The molecule has 0 amide bonds. The third-order valence-corrected chi connectivity index (χ3v) is 19.6. The lowest BCUT2D eigenvalue weighted by Gasteiger charge is -2.35. The summed E-state index contributed by atoms with van der Waals surface area (Å²) in [5.41, 5.74) is 12.9. The molecule has 0 aliphatic carbocycles. The van der Waals surface area contributed by atoms with Gasteiger partial charge in [-0.25, -0.2) is 0 Å². The fourth-order valence-electron chi connectivity index (χ4n) is 11.9. The van der Waals surface area contributed by atoms with E-state index in [0.29, 0.717) is 0 Å². The van der Waals surface area contributed by atoms with Gasteiger partial charge in [-0.2, -0.15) is 0 Å². The molecule has 0 aliphatic heterocycles. The highest BCUT2D eigenvalue weighted by molar-refractivity contribution is 7.20. The van der Waals surface area contributed by atoms with Gasteiger partial charge in [-0.1, -0.05) is 218 Å². The molecule has 4 heteroatoms. The first-order valence-corrected chi connectivity index (χ1v) is 26.2. The Kier molecular flexibility index (Phi) is 9.23. The number of benzene rings is 11. The van der Waals surface area contributed by atoms with Crippen LogP contribution in [0.1, 0.15) is 0 Å². The van der Waals surface area contributed by atoms with Crippen LogP contribution in [0.2, 0.25) is 0 Å². The summed E-state index contributed by atoms with van der Waals surface area (Å²) in [5, 5.41) is 12.8. The highest BCUT2D eigenvalue weighted by atomic mass is 28.3. The van der Waals surface area contributed by atoms with Crippen molar-refractivity contribution in [1.29, 1.82) is 0 Å². The number of fused-ring (bicyclic) bond motifs is 9. The van der Waals surface area contributed by atoms with Crippen molar-refractivity contribution < 1.29 is 0 Å². The van der Waals surface area contributed by atoms with E-state index >= 15 is 0 Å². The Morgan fingerprint density at radius 2 is 0.657 bits per heavy atom. The Morgan fingerprint density at radius 1 is 0.243 bits per heavy atom. The third kappa shape index (κ3) is 5.94. The van der Waals surface area contributed by atoms with Crippen LogP contribution in [-0.4, -0.2) is 21.8 Å². The van der Waals surface area contributed by atoms with Gasteiger partial charge in [0.2, 0.25) is 0 Å². The van der Waals surface area contributed by atoms with Gasteiger partial charge in [-0.3, -0.25) is 0 Å². The second kappa shape index (κ2) is 16.1. The summed E-state index contributed by atoms with van der Waals surface area (Å²) in [6.07, 6.45) is 0. The van der Waals surface area contributed by atoms with Crippen LogP contribution in [0.5, 0.6) is 0 Å². The van der Waals surface area contributed by atoms with Crippen LogP contribution in [0.3, 0.4) is 0 Å². The zero-order chi connectivity index (χ0) is 46.2. The van der Waals surface area contributed by atoms with E-state index in [4.69, 9.17) is 0 Å². The summed E-state index contributed by atoms with van der Waals surface area (Å²) in [7, 11) is -3.02. The lowest BCUT2D eigenvalue weighted by Crippen LogP contribution is -2.75. The van der Waals surface area contributed by atoms with Gasteiger partial charge in [0.05, 0.1) is 38.8 Å². The fourth-order valence-corrected chi connectivity index (χ4v) is 16.8. The number of nitrogens with zero attached hydrogens (tertiary/aromatic N) is 3. The highest BCUT2D eigenvalue weighted by Crippen LogP contribution is 2.42. The van der Waals surface area contributed by atoms with Crippen LogP contribution in [0.4, 0.5) is 0 Å². The van der Waals surface area contributed by atoms with E-state index < -0.39 is 8.07 Å². The Labute approximate surface area is 407 Å². The molecule has 328 valence electrons. The average molecular weight is 908 g/mol. The summed E-state index contributed by atoms with van der Waals surface area (Å²) in [5.74, 6) is 0. The van der Waals surface area contributed by atoms with Crippen molar-refractivity contribution in [2.24, 2.45) is 0 Å². The zero-order valence-corrected chi connectivity index (χ0v) is 39.3. The zero-order valence-electron chi connectivity index (χ0n) is 38.3. The van der Waals surface area contributed by atoms with Crippen LogP contribution in [0.25, 0.3) is 93.6 Å². The van der Waals surface area contributed by atoms with Gasteiger partial charge >= 0.3 is 0 Å². The van der Waals surface area contributed by atoms with E-state index in [-0.39, 0.29) is 0 Å². The highest BCUT2D eigenvalue weighted by Gasteiger charge is 2.43. The number of hydrogen-bond acceptors (Lipinski definition) is 0. The van der Waals surface area contributed by atoms with Crippen LogP contribution < -0.4 is 20.7 Å². The fraction of sp³-hybridized carbons (Fsp3) is 0. The first-order chi connectivity index (χ1) is 34.8. The molecule has 70 heavy (non-hydrogen) atoms. The van der Waals surface area contributed by atoms with Crippen molar-refractivity contribution in [3.05, 3.63) is 273 Å². The summed E-state index contributed by atoms with van der Waals surface area (Å²) < 4.78 is 7.57. The van der Waals surface area contributed by atoms with Gasteiger partial charge < -0.3 is 13.7 Å². The van der Waals surface area contributed by atoms with Crippen molar-refractivity contribution in [2.75, 3.05) is 0 Å². The van der Waals surface area contributed by atoms with E-state index in [0.717, 1.165) is 28.1 Å². The van der Waals surface area contributed by atoms with Crippen molar-refractivity contribution in [2.45, 2.75) is 0 Å². The molecule has 3 heterocycles. The molecule has 0 aliphatic rings. The molecule has 11 aromatic carbocycles. The summed E-state index contributed by atoms with van der Waals surface area (Å²) in [6.45, 7) is 0. The van der Waals surface area contributed by atoms with Crippen LogP contribution in [0.15, 0.2) is 273 Å². The number of para-hydroxylation sites is 5. The lowest BCUT2D eigenvalue weighted by atomic mass is 10.1. The molecule has 0 N–H and O–H groups in total. The van der Waals surface area contributed by atoms with Crippen LogP contribution in [0, 0.1) is 0 Å². The second-order valence-corrected chi connectivity index (χ2v) is 22.2. The topological polar surface area (TPSA) is 14.8 Å². The number of hydrogen-bond donors (Lipinski definition) is 0. The lowest BCUT2D eigenvalue weighted by molar-refractivity contribution is 1.13. The number of aromatic nitrogens is 3. The Bertz CT molecular complexity index is 4110. The molecule has 0 bridgehead atoms. The van der Waals surface area contributed by atoms with Crippen LogP contribution >= 0.6 is 0 Å². The Balaban J connectivity index is 1.12. The van der Waals surface area contributed by atoms with Gasteiger partial charge in [-0.05, 0) is 86.5 Å². The molecule has 14 aromatic rings. The van der Waals surface area contributed by atoms with Gasteiger partial charge in [0.25, 0.3) is 0 Å². The molecule has 0 saturated carbocycles. The molecule has 3 nitrogen and oxygen atoms in total. The molecule has 3 aromatic heterocycles. The number of rotatable bonds is 8. The molecule has 0 radical (unpaired) electrons. The molecular formula is C66H45N3Si. The maximum atomic E-state index is 2.61. The molecule has 0 fully saturated rings. The quantitative estimate of drug-likeness (QED) is 0.107. The first-order valence-electron chi connectivity index (χ1n) is 24.2. The van der Waals surface area contributed by atoms with Crippen molar-refractivity contribution in [1.82, 2.24) is 13.7 Å². The third-order valence-electron chi connectivity index (χ3n) is 14.8. The minimum Gasteiger partial charge on any atom is -0.309 e. The SMILES string of the molecule is c1ccc(-c2ccc(-n3c4ccc(-n5c6ccccc6c6ccccc65)cc4c4cccc(-n5c6ccccc6c6cccc([Si](c7ccccc7)(c7ccccc7)c7ccccc7)c65)c43)cc2)cc1. The predicted octanol–water partition coefficient (Wildman–Crippen LogP) is 14.0. The van der Waals surface area contributed by atoms with E-state index in [1.807, 2.05) is 0 Å². The molecule has 14 rings (SSSR count). The van der Waals surface area contributed by atoms with E-state index in [9.17, 15) is 0 Å². The van der Waals surface area contributed by atoms with Gasteiger partial charge in [0, 0.05) is 43.7 Å². The summed E-state index contributed by atoms with van der Waals surface area (Å²) >= 11 is 0. The van der Waals surface area contributed by atoms with E-state index in [2.05, 4.69) is 287 Å². The summed E-state index contributed by atoms with van der Waals surface area (Å²) in [4.78, 5) is 0. The van der Waals surface area contributed by atoms with E-state index in [1.165, 1.54) is 86.3 Å². The van der Waals surface area contributed by atoms with Crippen LogP contribution in [-0.2, 0) is 0 Å². The van der Waals surface area contributed by atoms with Crippen molar-refractivity contribution in [3.8, 4) is 28.2 Å². The molecular weight excluding hydrogens is 863 g/mol. The van der Waals surface area contributed by atoms with E-state index in [1.54, 1.807) is 0 Å².